The second-order valence-electron chi connectivity index (χ2n) is 7.96. The summed E-state index contributed by atoms with van der Waals surface area (Å²) in [5.41, 5.74) is 1.60. The van der Waals surface area contributed by atoms with Gasteiger partial charge in [-0.15, -0.1) is 0 Å². The molecule has 1 N–H and O–H groups in total. The molecule has 1 unspecified atom stereocenters. The Labute approximate surface area is 173 Å². The number of rotatable bonds is 7. The maximum atomic E-state index is 12.8. The lowest BCUT2D eigenvalue weighted by Crippen LogP contribution is -2.30. The van der Waals surface area contributed by atoms with E-state index in [9.17, 15) is 13.2 Å². The van der Waals surface area contributed by atoms with Crippen LogP contribution in [0, 0.1) is 0 Å². The number of hydrogen-bond donors (Lipinski definition) is 1. The Morgan fingerprint density at radius 3 is 2.41 bits per heavy atom. The van der Waals surface area contributed by atoms with Crippen molar-refractivity contribution in [1.29, 1.82) is 0 Å². The molecule has 0 saturated heterocycles. The Morgan fingerprint density at radius 1 is 1.03 bits per heavy atom. The fourth-order valence-corrected chi connectivity index (χ4v) is 5.49. The molecule has 156 valence electrons. The zero-order chi connectivity index (χ0) is 21.0. The van der Waals surface area contributed by atoms with E-state index in [4.69, 9.17) is 4.74 Å². The molecule has 1 fully saturated rings. The number of anilines is 1. The van der Waals surface area contributed by atoms with Gasteiger partial charge in [-0.1, -0.05) is 44.9 Å². The first-order valence-electron chi connectivity index (χ1n) is 10.2. The van der Waals surface area contributed by atoms with Crippen LogP contribution in [0.15, 0.2) is 53.4 Å². The van der Waals surface area contributed by atoms with Crippen molar-refractivity contribution in [3.63, 3.8) is 0 Å². The fraction of sp³-hybridized carbons (Fsp3) is 0.435. The normalized spacial score (nSPS) is 16.0. The van der Waals surface area contributed by atoms with Crippen molar-refractivity contribution in [1.82, 2.24) is 0 Å². The highest BCUT2D eigenvalue weighted by Crippen LogP contribution is 2.30. The number of carbonyl (C=O) groups is 1. The predicted octanol–water partition coefficient (Wildman–Crippen LogP) is 4.93. The molecule has 29 heavy (non-hydrogen) atoms. The van der Waals surface area contributed by atoms with E-state index in [1.54, 1.807) is 25.1 Å². The van der Waals surface area contributed by atoms with Gasteiger partial charge in [0, 0.05) is 5.69 Å². The van der Waals surface area contributed by atoms with E-state index in [0.29, 0.717) is 30.2 Å². The molecule has 1 aliphatic rings. The Hall–Kier alpha value is -2.34. The standard InChI is InChI=1S/C23H29NO4S/c1-16(2)18-8-6-10-20(14-18)28-17(3)23(25)24-19-9-7-13-22(15-19)29(26,27)21-11-4-5-12-21/h6-10,13-17,21H,4-5,11-12H2,1-3H3,(H,24,25). The largest absolute Gasteiger partial charge is 0.481 e. The van der Waals surface area contributed by atoms with Gasteiger partial charge in [0.15, 0.2) is 15.9 Å². The molecule has 1 saturated carbocycles. The van der Waals surface area contributed by atoms with Crippen LogP contribution in [0.2, 0.25) is 0 Å². The monoisotopic (exact) mass is 415 g/mol. The van der Waals surface area contributed by atoms with E-state index in [-0.39, 0.29) is 16.1 Å². The van der Waals surface area contributed by atoms with Crippen LogP contribution in [0.5, 0.6) is 5.75 Å². The van der Waals surface area contributed by atoms with E-state index in [1.165, 1.54) is 6.07 Å². The zero-order valence-corrected chi connectivity index (χ0v) is 18.0. The highest BCUT2D eigenvalue weighted by molar-refractivity contribution is 7.92. The topological polar surface area (TPSA) is 72.5 Å². The highest BCUT2D eigenvalue weighted by Gasteiger charge is 2.30. The Bertz CT molecular complexity index is 962. The molecule has 1 aliphatic carbocycles. The number of hydrogen-bond acceptors (Lipinski definition) is 4. The van der Waals surface area contributed by atoms with Gasteiger partial charge in [-0.3, -0.25) is 4.79 Å². The molecule has 5 nitrogen and oxygen atoms in total. The van der Waals surface area contributed by atoms with Gasteiger partial charge >= 0.3 is 0 Å². The first-order chi connectivity index (χ1) is 13.8. The first kappa shape index (κ1) is 21.4. The summed E-state index contributed by atoms with van der Waals surface area (Å²) >= 11 is 0. The number of benzene rings is 2. The maximum absolute atomic E-state index is 12.8. The molecule has 0 aliphatic heterocycles. The van der Waals surface area contributed by atoms with Crippen LogP contribution in [0.25, 0.3) is 0 Å². The number of sulfone groups is 1. The van der Waals surface area contributed by atoms with Crippen molar-refractivity contribution >= 4 is 21.4 Å². The average molecular weight is 416 g/mol. The van der Waals surface area contributed by atoms with Crippen LogP contribution < -0.4 is 10.1 Å². The molecule has 0 bridgehead atoms. The third-order valence-corrected chi connectivity index (χ3v) is 7.64. The highest BCUT2D eigenvalue weighted by atomic mass is 32.2. The molecule has 1 amide bonds. The van der Waals surface area contributed by atoms with Gasteiger partial charge in [-0.25, -0.2) is 8.42 Å². The number of ether oxygens (including phenoxy) is 1. The molecule has 0 heterocycles. The molecular formula is C23H29NO4S. The Kier molecular flexibility index (Phi) is 6.63. The van der Waals surface area contributed by atoms with Crippen molar-refractivity contribution < 1.29 is 17.9 Å². The SMILES string of the molecule is CC(Oc1cccc(C(C)C)c1)C(=O)Nc1cccc(S(=O)(=O)C2CCCC2)c1. The summed E-state index contributed by atoms with van der Waals surface area (Å²) in [6.45, 7) is 5.88. The predicted molar refractivity (Wildman–Crippen MR) is 115 cm³/mol. The molecular weight excluding hydrogens is 386 g/mol. The average Bonchev–Trinajstić information content (AvgIpc) is 3.24. The van der Waals surface area contributed by atoms with E-state index in [1.807, 2.05) is 24.3 Å². The summed E-state index contributed by atoms with van der Waals surface area (Å²) in [5.74, 6) is 0.680. The van der Waals surface area contributed by atoms with E-state index >= 15 is 0 Å². The zero-order valence-electron chi connectivity index (χ0n) is 17.2. The quantitative estimate of drug-likeness (QED) is 0.696. The molecule has 0 spiro atoms. The minimum atomic E-state index is -3.36. The molecule has 2 aromatic carbocycles. The van der Waals surface area contributed by atoms with Crippen molar-refractivity contribution in [2.24, 2.45) is 0 Å². The maximum Gasteiger partial charge on any atom is 0.265 e. The van der Waals surface area contributed by atoms with Gasteiger partial charge < -0.3 is 10.1 Å². The van der Waals surface area contributed by atoms with Crippen LogP contribution in [-0.4, -0.2) is 25.7 Å². The Balaban J connectivity index is 1.68. The molecule has 6 heteroatoms. The van der Waals surface area contributed by atoms with E-state index in [2.05, 4.69) is 19.2 Å². The third kappa shape index (κ3) is 5.18. The number of carbonyl (C=O) groups excluding carboxylic acids is 1. The second-order valence-corrected chi connectivity index (χ2v) is 10.2. The van der Waals surface area contributed by atoms with Gasteiger partial charge in [0.05, 0.1) is 10.1 Å². The van der Waals surface area contributed by atoms with E-state index < -0.39 is 15.9 Å². The lowest BCUT2D eigenvalue weighted by molar-refractivity contribution is -0.122. The van der Waals surface area contributed by atoms with Gasteiger partial charge in [0.25, 0.3) is 5.91 Å². The molecule has 3 rings (SSSR count). The minimum absolute atomic E-state index is 0.264. The summed E-state index contributed by atoms with van der Waals surface area (Å²) in [6.07, 6.45) is 2.60. The van der Waals surface area contributed by atoms with Crippen LogP contribution >= 0.6 is 0 Å². The fourth-order valence-electron chi connectivity index (χ4n) is 3.59. The van der Waals surface area contributed by atoms with Crippen molar-refractivity contribution in [3.05, 3.63) is 54.1 Å². The summed E-state index contributed by atoms with van der Waals surface area (Å²) in [7, 11) is -3.36. The van der Waals surface area contributed by atoms with Crippen molar-refractivity contribution in [2.75, 3.05) is 5.32 Å². The second kappa shape index (κ2) is 8.99. The third-order valence-electron chi connectivity index (χ3n) is 5.38. The number of nitrogens with one attached hydrogen (secondary N) is 1. The van der Waals surface area contributed by atoms with Crippen LogP contribution in [0.3, 0.4) is 0 Å². The Morgan fingerprint density at radius 2 is 1.72 bits per heavy atom. The lowest BCUT2D eigenvalue weighted by Gasteiger charge is -2.17. The molecule has 0 aromatic heterocycles. The molecule has 1 atom stereocenters. The molecule has 0 radical (unpaired) electrons. The first-order valence-corrected chi connectivity index (χ1v) is 11.7. The molecule has 2 aromatic rings. The lowest BCUT2D eigenvalue weighted by atomic mass is 10.0. The van der Waals surface area contributed by atoms with E-state index in [0.717, 1.165) is 18.4 Å². The van der Waals surface area contributed by atoms with Gasteiger partial charge in [0.2, 0.25) is 0 Å². The van der Waals surface area contributed by atoms with Crippen LogP contribution in [-0.2, 0) is 14.6 Å². The summed E-state index contributed by atoms with van der Waals surface area (Å²) in [5, 5.41) is 2.46. The number of amides is 1. The van der Waals surface area contributed by atoms with Crippen molar-refractivity contribution in [3.8, 4) is 5.75 Å². The van der Waals surface area contributed by atoms with Crippen molar-refractivity contribution in [2.45, 2.75) is 68.6 Å². The summed E-state index contributed by atoms with van der Waals surface area (Å²) in [4.78, 5) is 12.8. The van der Waals surface area contributed by atoms with Crippen LogP contribution in [0.4, 0.5) is 5.69 Å². The van der Waals surface area contributed by atoms with Gasteiger partial charge in [-0.2, -0.15) is 0 Å². The van der Waals surface area contributed by atoms with Crippen LogP contribution in [0.1, 0.15) is 57.9 Å². The summed E-state index contributed by atoms with van der Waals surface area (Å²) < 4.78 is 31.4. The summed E-state index contributed by atoms with van der Waals surface area (Å²) in [6, 6.07) is 14.2. The van der Waals surface area contributed by atoms with Gasteiger partial charge in [0.1, 0.15) is 5.75 Å². The van der Waals surface area contributed by atoms with Gasteiger partial charge in [-0.05, 0) is 61.6 Å². The minimum Gasteiger partial charge on any atom is -0.481 e. The smallest absolute Gasteiger partial charge is 0.265 e.